The molecule has 1 N–H and O–H groups in total. The monoisotopic (exact) mass is 183 g/mol. The predicted molar refractivity (Wildman–Crippen MR) is 56.6 cm³/mol. The molecule has 0 spiro atoms. The number of carbonyl (C=O) groups excluding carboxylic acids is 1. The van der Waals surface area contributed by atoms with E-state index in [0.717, 1.165) is 18.4 Å². The molecular formula is C11H21NO. The van der Waals surface area contributed by atoms with Crippen molar-refractivity contribution in [2.75, 3.05) is 7.05 Å². The van der Waals surface area contributed by atoms with Crippen molar-refractivity contribution in [3.63, 3.8) is 0 Å². The smallest absolute Gasteiger partial charge is 0.246 e. The highest BCUT2D eigenvalue weighted by atomic mass is 16.1. The highest BCUT2D eigenvalue weighted by Crippen LogP contribution is 2.06. The van der Waals surface area contributed by atoms with Gasteiger partial charge in [0.2, 0.25) is 5.91 Å². The van der Waals surface area contributed by atoms with Gasteiger partial charge in [-0.2, -0.15) is 0 Å². The molecule has 2 heteroatoms. The first-order valence-corrected chi connectivity index (χ1v) is 5.17. The summed E-state index contributed by atoms with van der Waals surface area (Å²) in [4.78, 5) is 11.2. The molecule has 0 aliphatic carbocycles. The Kier molecular flexibility index (Phi) is 7.36. The average molecular weight is 183 g/mol. The molecule has 0 aromatic heterocycles. The summed E-state index contributed by atoms with van der Waals surface area (Å²) in [5.41, 5.74) is 0.915. The highest BCUT2D eigenvalue weighted by Gasteiger charge is 2.02. The zero-order valence-electron chi connectivity index (χ0n) is 9.02. The molecule has 0 bridgehead atoms. The van der Waals surface area contributed by atoms with Gasteiger partial charge in [0.05, 0.1) is 0 Å². The molecule has 13 heavy (non-hydrogen) atoms. The third-order valence-corrected chi connectivity index (χ3v) is 2.10. The lowest BCUT2D eigenvalue weighted by Crippen LogP contribution is -2.19. The molecule has 0 aliphatic heterocycles. The molecule has 0 fully saturated rings. The topological polar surface area (TPSA) is 29.1 Å². The Labute approximate surface area is 81.4 Å². The standard InChI is InChI=1S/C11H21NO/c1-4-6-7-8-9-10(5-2)11(13)12-3/h9H,4-8H2,1-3H3,(H,12,13). The van der Waals surface area contributed by atoms with Crippen LogP contribution in [0.15, 0.2) is 11.6 Å². The fourth-order valence-electron chi connectivity index (χ4n) is 1.23. The SMILES string of the molecule is CCCCCC=C(CC)C(=O)NC. The van der Waals surface area contributed by atoms with Crippen molar-refractivity contribution in [2.45, 2.75) is 46.0 Å². The van der Waals surface area contributed by atoms with Crippen LogP contribution >= 0.6 is 0 Å². The van der Waals surface area contributed by atoms with Crippen molar-refractivity contribution in [3.05, 3.63) is 11.6 Å². The van der Waals surface area contributed by atoms with E-state index in [4.69, 9.17) is 0 Å². The Hall–Kier alpha value is -0.790. The van der Waals surface area contributed by atoms with Crippen molar-refractivity contribution in [2.24, 2.45) is 0 Å². The molecule has 76 valence electrons. The number of likely N-dealkylation sites (N-methyl/N-ethyl adjacent to an activating group) is 1. The first-order valence-electron chi connectivity index (χ1n) is 5.17. The molecule has 1 amide bonds. The molecule has 0 atom stereocenters. The van der Waals surface area contributed by atoms with Gasteiger partial charge < -0.3 is 5.32 Å². The highest BCUT2D eigenvalue weighted by molar-refractivity contribution is 5.92. The van der Waals surface area contributed by atoms with E-state index in [0.29, 0.717) is 0 Å². The molecule has 0 heterocycles. The fraction of sp³-hybridized carbons (Fsp3) is 0.727. The van der Waals surface area contributed by atoms with E-state index in [1.165, 1.54) is 19.3 Å². The molecule has 2 nitrogen and oxygen atoms in total. The lowest BCUT2D eigenvalue weighted by atomic mass is 10.1. The van der Waals surface area contributed by atoms with E-state index in [1.54, 1.807) is 7.05 Å². The molecule has 0 saturated heterocycles. The normalized spacial score (nSPS) is 11.5. The second kappa shape index (κ2) is 7.84. The minimum atomic E-state index is 0.0685. The van der Waals surface area contributed by atoms with E-state index in [9.17, 15) is 4.79 Å². The minimum absolute atomic E-state index is 0.0685. The van der Waals surface area contributed by atoms with Gasteiger partial charge in [0, 0.05) is 12.6 Å². The second-order valence-electron chi connectivity index (χ2n) is 3.16. The molecule has 0 aromatic carbocycles. The lowest BCUT2D eigenvalue weighted by molar-refractivity contribution is -0.117. The number of carbonyl (C=O) groups is 1. The van der Waals surface area contributed by atoms with Crippen LogP contribution in [0.25, 0.3) is 0 Å². The van der Waals surface area contributed by atoms with Crippen molar-refractivity contribution in [3.8, 4) is 0 Å². The van der Waals surface area contributed by atoms with Gasteiger partial charge in [0.25, 0.3) is 0 Å². The van der Waals surface area contributed by atoms with Crippen LogP contribution < -0.4 is 5.32 Å². The number of hydrogen-bond donors (Lipinski definition) is 1. The Morgan fingerprint density at radius 1 is 1.31 bits per heavy atom. The summed E-state index contributed by atoms with van der Waals surface area (Å²) in [7, 11) is 1.68. The number of nitrogens with one attached hydrogen (secondary N) is 1. The summed E-state index contributed by atoms with van der Waals surface area (Å²) >= 11 is 0. The summed E-state index contributed by atoms with van der Waals surface area (Å²) in [6.07, 6.45) is 7.60. The summed E-state index contributed by atoms with van der Waals surface area (Å²) in [6.45, 7) is 4.20. The van der Waals surface area contributed by atoms with Gasteiger partial charge >= 0.3 is 0 Å². The van der Waals surface area contributed by atoms with Crippen LogP contribution in [-0.4, -0.2) is 13.0 Å². The van der Waals surface area contributed by atoms with Gasteiger partial charge in [-0.15, -0.1) is 0 Å². The minimum Gasteiger partial charge on any atom is -0.355 e. The fourth-order valence-corrected chi connectivity index (χ4v) is 1.23. The number of hydrogen-bond acceptors (Lipinski definition) is 1. The van der Waals surface area contributed by atoms with E-state index >= 15 is 0 Å². The summed E-state index contributed by atoms with van der Waals surface area (Å²) < 4.78 is 0. The van der Waals surface area contributed by atoms with E-state index in [-0.39, 0.29) is 5.91 Å². The third kappa shape index (κ3) is 5.45. The molecular weight excluding hydrogens is 162 g/mol. The van der Waals surface area contributed by atoms with Crippen LogP contribution in [0.4, 0.5) is 0 Å². The van der Waals surface area contributed by atoms with Crippen molar-refractivity contribution >= 4 is 5.91 Å². The van der Waals surface area contributed by atoms with E-state index < -0.39 is 0 Å². The first kappa shape index (κ1) is 12.2. The van der Waals surface area contributed by atoms with Gasteiger partial charge in [-0.05, 0) is 19.3 Å². The maximum absolute atomic E-state index is 11.2. The Morgan fingerprint density at radius 2 is 2.00 bits per heavy atom. The number of unbranched alkanes of at least 4 members (excludes halogenated alkanes) is 3. The maximum Gasteiger partial charge on any atom is 0.246 e. The van der Waals surface area contributed by atoms with Gasteiger partial charge in [0.15, 0.2) is 0 Å². The zero-order valence-corrected chi connectivity index (χ0v) is 9.02. The average Bonchev–Trinajstić information content (AvgIpc) is 2.17. The van der Waals surface area contributed by atoms with Crippen molar-refractivity contribution < 1.29 is 4.79 Å². The van der Waals surface area contributed by atoms with Crippen molar-refractivity contribution in [1.29, 1.82) is 0 Å². The Balaban J connectivity index is 3.85. The quantitative estimate of drug-likeness (QED) is 0.498. The summed E-state index contributed by atoms with van der Waals surface area (Å²) in [5, 5.41) is 2.65. The van der Waals surface area contributed by atoms with Gasteiger partial charge in [-0.1, -0.05) is 32.8 Å². The molecule has 0 aliphatic rings. The van der Waals surface area contributed by atoms with Gasteiger partial charge in [-0.3, -0.25) is 4.79 Å². The van der Waals surface area contributed by atoms with Crippen LogP contribution in [0, 0.1) is 0 Å². The van der Waals surface area contributed by atoms with Crippen LogP contribution in [0.3, 0.4) is 0 Å². The molecule has 0 rings (SSSR count). The third-order valence-electron chi connectivity index (χ3n) is 2.10. The number of rotatable bonds is 6. The second-order valence-corrected chi connectivity index (χ2v) is 3.16. The zero-order chi connectivity index (χ0) is 10.1. The summed E-state index contributed by atoms with van der Waals surface area (Å²) in [5.74, 6) is 0.0685. The Morgan fingerprint density at radius 3 is 2.46 bits per heavy atom. The number of amides is 1. The van der Waals surface area contributed by atoms with Crippen LogP contribution in [0.5, 0.6) is 0 Å². The maximum atomic E-state index is 11.2. The van der Waals surface area contributed by atoms with E-state index in [2.05, 4.69) is 18.3 Å². The largest absolute Gasteiger partial charge is 0.355 e. The van der Waals surface area contributed by atoms with Crippen LogP contribution in [0.1, 0.15) is 46.0 Å². The first-order chi connectivity index (χ1) is 6.26. The van der Waals surface area contributed by atoms with Gasteiger partial charge in [0.1, 0.15) is 0 Å². The molecule has 0 saturated carbocycles. The Bertz CT molecular complexity index is 173. The van der Waals surface area contributed by atoms with E-state index in [1.807, 2.05) is 6.92 Å². The summed E-state index contributed by atoms with van der Waals surface area (Å²) in [6, 6.07) is 0. The lowest BCUT2D eigenvalue weighted by Gasteiger charge is -2.02. The number of allylic oxidation sites excluding steroid dienone is 1. The van der Waals surface area contributed by atoms with Crippen molar-refractivity contribution in [1.82, 2.24) is 5.32 Å². The molecule has 0 unspecified atom stereocenters. The van der Waals surface area contributed by atoms with Crippen LogP contribution in [0.2, 0.25) is 0 Å². The molecule has 0 radical (unpaired) electrons. The van der Waals surface area contributed by atoms with Crippen LogP contribution in [-0.2, 0) is 4.79 Å². The van der Waals surface area contributed by atoms with Gasteiger partial charge in [-0.25, -0.2) is 0 Å². The predicted octanol–water partition coefficient (Wildman–Crippen LogP) is 2.65. The molecule has 0 aromatic rings.